The molecule has 1 fully saturated rings. The summed E-state index contributed by atoms with van der Waals surface area (Å²) in [5, 5.41) is 0. The van der Waals surface area contributed by atoms with Crippen molar-refractivity contribution in [1.82, 2.24) is 10.9 Å². The van der Waals surface area contributed by atoms with Crippen molar-refractivity contribution < 1.29 is 4.74 Å². The van der Waals surface area contributed by atoms with Gasteiger partial charge in [-0.2, -0.15) is 0 Å². The Balaban J connectivity index is 1.74. The van der Waals surface area contributed by atoms with E-state index < -0.39 is 0 Å². The molecule has 3 nitrogen and oxygen atoms in total. The molecule has 2 aromatic carbocycles. The molecule has 0 aliphatic carbocycles. The first-order chi connectivity index (χ1) is 9.76. The van der Waals surface area contributed by atoms with E-state index in [1.165, 1.54) is 16.7 Å². The molecule has 104 valence electrons. The maximum Gasteiger partial charge on any atom is 0.119 e. The van der Waals surface area contributed by atoms with Crippen LogP contribution in [0.1, 0.15) is 35.2 Å². The number of rotatable bonds is 3. The number of aryl methyl sites for hydroxylation is 1. The van der Waals surface area contributed by atoms with Gasteiger partial charge in [0.25, 0.3) is 0 Å². The molecule has 2 N–H and O–H groups in total. The van der Waals surface area contributed by atoms with Gasteiger partial charge in [-0.1, -0.05) is 42.0 Å². The first kappa shape index (κ1) is 13.2. The van der Waals surface area contributed by atoms with Crippen molar-refractivity contribution in [3.63, 3.8) is 0 Å². The van der Waals surface area contributed by atoms with Crippen LogP contribution in [-0.2, 0) is 0 Å². The highest BCUT2D eigenvalue weighted by Crippen LogP contribution is 2.31. The van der Waals surface area contributed by atoms with Gasteiger partial charge in [0.15, 0.2) is 0 Å². The zero-order chi connectivity index (χ0) is 13.9. The van der Waals surface area contributed by atoms with E-state index in [0.29, 0.717) is 12.1 Å². The molecule has 3 rings (SSSR count). The lowest BCUT2D eigenvalue weighted by molar-refractivity contribution is 0.413. The van der Waals surface area contributed by atoms with Crippen LogP contribution in [0, 0.1) is 6.92 Å². The number of hydrogen-bond acceptors (Lipinski definition) is 3. The fourth-order valence-corrected chi connectivity index (χ4v) is 2.65. The van der Waals surface area contributed by atoms with E-state index in [2.05, 4.69) is 54.2 Å². The molecule has 1 heterocycles. The Kier molecular flexibility index (Phi) is 3.72. The van der Waals surface area contributed by atoms with Crippen LogP contribution in [0.15, 0.2) is 48.5 Å². The van der Waals surface area contributed by atoms with E-state index in [1.54, 1.807) is 7.11 Å². The second-order valence-corrected chi connectivity index (χ2v) is 5.32. The van der Waals surface area contributed by atoms with Crippen LogP contribution in [0.5, 0.6) is 5.75 Å². The van der Waals surface area contributed by atoms with Crippen LogP contribution in [-0.4, -0.2) is 7.11 Å². The van der Waals surface area contributed by atoms with Crippen molar-refractivity contribution in [3.05, 3.63) is 65.2 Å². The summed E-state index contributed by atoms with van der Waals surface area (Å²) in [6.07, 6.45) is 1.04. The number of hydrogen-bond donors (Lipinski definition) is 2. The summed E-state index contributed by atoms with van der Waals surface area (Å²) >= 11 is 0. The normalized spacial score (nSPS) is 21.9. The molecular formula is C17H20N2O. The van der Waals surface area contributed by atoms with Gasteiger partial charge in [-0.05, 0) is 36.6 Å². The second-order valence-electron chi connectivity index (χ2n) is 5.32. The van der Waals surface area contributed by atoms with E-state index in [1.807, 2.05) is 12.1 Å². The fourth-order valence-electron chi connectivity index (χ4n) is 2.65. The number of hydrazine groups is 1. The third-order valence-electron chi connectivity index (χ3n) is 3.88. The quantitative estimate of drug-likeness (QED) is 0.896. The fraction of sp³-hybridized carbons (Fsp3) is 0.294. The molecular weight excluding hydrogens is 248 g/mol. The first-order valence-electron chi connectivity index (χ1n) is 6.98. The smallest absolute Gasteiger partial charge is 0.119 e. The Morgan fingerprint density at radius 1 is 0.950 bits per heavy atom. The lowest BCUT2D eigenvalue weighted by Gasteiger charge is -2.11. The molecule has 0 saturated carbocycles. The minimum absolute atomic E-state index is 0.316. The second kappa shape index (κ2) is 5.65. The van der Waals surface area contributed by atoms with Gasteiger partial charge in [0.05, 0.1) is 7.11 Å². The Bertz CT molecular complexity index is 580. The molecule has 1 saturated heterocycles. The predicted molar refractivity (Wildman–Crippen MR) is 80.5 cm³/mol. The van der Waals surface area contributed by atoms with E-state index in [-0.39, 0.29) is 0 Å². The maximum absolute atomic E-state index is 5.29. The summed E-state index contributed by atoms with van der Waals surface area (Å²) in [6, 6.07) is 17.6. The number of ether oxygens (including phenoxy) is 1. The van der Waals surface area contributed by atoms with E-state index in [4.69, 9.17) is 4.74 Å². The topological polar surface area (TPSA) is 33.3 Å². The molecule has 1 aliphatic rings. The third kappa shape index (κ3) is 2.69. The van der Waals surface area contributed by atoms with Crippen LogP contribution in [0.2, 0.25) is 0 Å². The third-order valence-corrected chi connectivity index (χ3v) is 3.88. The summed E-state index contributed by atoms with van der Waals surface area (Å²) in [4.78, 5) is 0. The monoisotopic (exact) mass is 268 g/mol. The van der Waals surface area contributed by atoms with Crippen LogP contribution in [0.4, 0.5) is 0 Å². The molecule has 20 heavy (non-hydrogen) atoms. The lowest BCUT2D eigenvalue weighted by Crippen LogP contribution is -2.26. The minimum atomic E-state index is 0.316. The molecule has 1 aliphatic heterocycles. The molecule has 2 aromatic rings. The van der Waals surface area contributed by atoms with Gasteiger partial charge in [0, 0.05) is 12.1 Å². The standard InChI is InChI=1S/C17H20N2O/c1-12-6-8-13(9-7-12)16-11-17(19-18-16)14-4-3-5-15(10-14)20-2/h3-10,16-19H,11H2,1-2H3. The Labute approximate surface area is 119 Å². The van der Waals surface area contributed by atoms with Gasteiger partial charge >= 0.3 is 0 Å². The molecule has 2 unspecified atom stereocenters. The minimum Gasteiger partial charge on any atom is -0.497 e. The zero-order valence-electron chi connectivity index (χ0n) is 11.9. The van der Waals surface area contributed by atoms with Crippen molar-refractivity contribution in [3.8, 4) is 5.75 Å². The van der Waals surface area contributed by atoms with Gasteiger partial charge in [-0.25, -0.2) is 10.9 Å². The number of nitrogens with one attached hydrogen (secondary N) is 2. The van der Waals surface area contributed by atoms with Crippen LogP contribution >= 0.6 is 0 Å². The van der Waals surface area contributed by atoms with Crippen molar-refractivity contribution in [2.45, 2.75) is 25.4 Å². The predicted octanol–water partition coefficient (Wildman–Crippen LogP) is 3.28. The Morgan fingerprint density at radius 2 is 1.65 bits per heavy atom. The molecule has 0 amide bonds. The molecule has 0 aromatic heterocycles. The molecule has 3 heteroatoms. The van der Waals surface area contributed by atoms with Gasteiger partial charge in [0.1, 0.15) is 5.75 Å². The lowest BCUT2D eigenvalue weighted by atomic mass is 9.97. The Hall–Kier alpha value is -1.84. The Morgan fingerprint density at radius 3 is 2.35 bits per heavy atom. The summed E-state index contributed by atoms with van der Waals surface area (Å²) in [6.45, 7) is 2.11. The summed E-state index contributed by atoms with van der Waals surface area (Å²) in [7, 11) is 1.70. The number of methoxy groups -OCH3 is 1. The molecule has 0 bridgehead atoms. The molecule has 0 spiro atoms. The highest BCUT2D eigenvalue weighted by atomic mass is 16.5. The molecule has 0 radical (unpaired) electrons. The number of benzene rings is 2. The summed E-state index contributed by atoms with van der Waals surface area (Å²) < 4.78 is 5.29. The van der Waals surface area contributed by atoms with Crippen molar-refractivity contribution in [2.75, 3.05) is 7.11 Å². The highest BCUT2D eigenvalue weighted by Gasteiger charge is 2.26. The van der Waals surface area contributed by atoms with Gasteiger partial charge in [-0.15, -0.1) is 0 Å². The van der Waals surface area contributed by atoms with Crippen molar-refractivity contribution in [2.24, 2.45) is 0 Å². The zero-order valence-corrected chi connectivity index (χ0v) is 11.9. The first-order valence-corrected chi connectivity index (χ1v) is 6.98. The van der Waals surface area contributed by atoms with E-state index >= 15 is 0 Å². The van der Waals surface area contributed by atoms with Crippen LogP contribution in [0.25, 0.3) is 0 Å². The average molecular weight is 268 g/mol. The van der Waals surface area contributed by atoms with Crippen molar-refractivity contribution >= 4 is 0 Å². The highest BCUT2D eigenvalue weighted by molar-refractivity contribution is 5.32. The van der Waals surface area contributed by atoms with E-state index in [9.17, 15) is 0 Å². The summed E-state index contributed by atoms with van der Waals surface area (Å²) in [5.74, 6) is 0.906. The van der Waals surface area contributed by atoms with Crippen LogP contribution in [0.3, 0.4) is 0 Å². The average Bonchev–Trinajstić information content (AvgIpc) is 2.98. The molecule has 2 atom stereocenters. The van der Waals surface area contributed by atoms with Gasteiger partial charge < -0.3 is 4.74 Å². The van der Waals surface area contributed by atoms with Gasteiger partial charge in [0.2, 0.25) is 0 Å². The van der Waals surface area contributed by atoms with Crippen LogP contribution < -0.4 is 15.6 Å². The van der Waals surface area contributed by atoms with Gasteiger partial charge in [-0.3, -0.25) is 0 Å². The SMILES string of the molecule is COc1cccc(C2CC(c3ccc(C)cc3)NN2)c1. The van der Waals surface area contributed by atoms with E-state index in [0.717, 1.165) is 12.2 Å². The van der Waals surface area contributed by atoms with Crippen molar-refractivity contribution in [1.29, 1.82) is 0 Å². The summed E-state index contributed by atoms with van der Waals surface area (Å²) in [5.41, 5.74) is 10.6. The maximum atomic E-state index is 5.29. The largest absolute Gasteiger partial charge is 0.497 e.